The van der Waals surface area contributed by atoms with Crippen molar-refractivity contribution in [2.75, 3.05) is 0 Å². The molecule has 0 amide bonds. The fourth-order valence-electron chi connectivity index (χ4n) is 2.94. The van der Waals surface area contributed by atoms with Crippen LogP contribution in [-0.2, 0) is 13.0 Å². The van der Waals surface area contributed by atoms with Crippen LogP contribution < -0.4 is 5.56 Å². The third kappa shape index (κ3) is 4.21. The molecular weight excluding hydrogens is 310 g/mol. The molecule has 0 spiro atoms. The lowest BCUT2D eigenvalue weighted by Gasteiger charge is -2.09. The minimum Gasteiger partial charge on any atom is -0.268 e. The summed E-state index contributed by atoms with van der Waals surface area (Å²) in [7, 11) is 0. The maximum absolute atomic E-state index is 12.1. The number of nitriles is 1. The van der Waals surface area contributed by atoms with Crippen LogP contribution in [0.4, 0.5) is 0 Å². The summed E-state index contributed by atoms with van der Waals surface area (Å²) in [6.07, 6.45) is 0.691. The lowest BCUT2D eigenvalue weighted by molar-refractivity contribution is 0.623. The molecule has 3 rings (SSSR count). The van der Waals surface area contributed by atoms with Gasteiger partial charge in [0.1, 0.15) is 0 Å². The first-order valence-corrected chi connectivity index (χ1v) is 8.17. The number of hydrogen-bond acceptors (Lipinski definition) is 3. The summed E-state index contributed by atoms with van der Waals surface area (Å²) in [5.41, 5.74) is 5.91. The van der Waals surface area contributed by atoms with Crippen LogP contribution in [0.1, 0.15) is 33.5 Å². The predicted octanol–water partition coefficient (Wildman–Crippen LogP) is 3.37. The van der Waals surface area contributed by atoms with E-state index in [1.165, 1.54) is 21.4 Å². The Labute approximate surface area is 147 Å². The molecule has 1 aromatic heterocycles. The zero-order valence-electron chi connectivity index (χ0n) is 14.4. The summed E-state index contributed by atoms with van der Waals surface area (Å²) in [6.45, 7) is 4.55. The highest BCUT2D eigenvalue weighted by Crippen LogP contribution is 2.12. The Morgan fingerprint density at radius 2 is 1.64 bits per heavy atom. The van der Waals surface area contributed by atoms with Gasteiger partial charge in [0.05, 0.1) is 23.9 Å². The minimum atomic E-state index is -0.131. The molecule has 0 saturated heterocycles. The van der Waals surface area contributed by atoms with Crippen molar-refractivity contribution in [3.63, 3.8) is 0 Å². The molecule has 0 fully saturated rings. The minimum absolute atomic E-state index is 0.131. The molecule has 0 aliphatic rings. The highest BCUT2D eigenvalue weighted by molar-refractivity contribution is 5.32. The van der Waals surface area contributed by atoms with E-state index in [0.29, 0.717) is 18.5 Å². The average Bonchev–Trinajstić information content (AvgIpc) is 2.58. The van der Waals surface area contributed by atoms with E-state index < -0.39 is 0 Å². The predicted molar refractivity (Wildman–Crippen MR) is 97.5 cm³/mol. The van der Waals surface area contributed by atoms with E-state index in [1.807, 2.05) is 12.1 Å². The first kappa shape index (κ1) is 16.7. The molecular formula is C21H19N3O. The van der Waals surface area contributed by atoms with Crippen molar-refractivity contribution in [3.05, 3.63) is 98.5 Å². The lowest BCUT2D eigenvalue weighted by Crippen LogP contribution is -2.23. The van der Waals surface area contributed by atoms with Crippen molar-refractivity contribution in [3.8, 4) is 6.07 Å². The Morgan fingerprint density at radius 1 is 0.960 bits per heavy atom. The van der Waals surface area contributed by atoms with Crippen LogP contribution >= 0.6 is 0 Å². The third-order valence-corrected chi connectivity index (χ3v) is 4.00. The molecule has 4 heteroatoms. The smallest absolute Gasteiger partial charge is 0.267 e. The second kappa shape index (κ2) is 7.14. The number of nitrogens with zero attached hydrogens (tertiary/aromatic N) is 3. The van der Waals surface area contributed by atoms with E-state index in [0.717, 1.165) is 11.3 Å². The van der Waals surface area contributed by atoms with E-state index in [9.17, 15) is 4.79 Å². The number of benzene rings is 2. The molecule has 25 heavy (non-hydrogen) atoms. The highest BCUT2D eigenvalue weighted by atomic mass is 16.1. The van der Waals surface area contributed by atoms with Crippen LogP contribution in [0.25, 0.3) is 0 Å². The molecule has 0 radical (unpaired) electrons. The molecule has 1 heterocycles. The van der Waals surface area contributed by atoms with Crippen molar-refractivity contribution in [2.24, 2.45) is 0 Å². The normalized spacial score (nSPS) is 10.4. The summed E-state index contributed by atoms with van der Waals surface area (Å²) in [5.74, 6) is 0. The fraction of sp³-hybridized carbons (Fsp3) is 0.190. The Kier molecular flexibility index (Phi) is 4.76. The Bertz CT molecular complexity index is 975. The molecule has 0 atom stereocenters. The van der Waals surface area contributed by atoms with Gasteiger partial charge in [0.15, 0.2) is 0 Å². The topological polar surface area (TPSA) is 58.7 Å². The number of aryl methyl sites for hydroxylation is 2. The van der Waals surface area contributed by atoms with Crippen LogP contribution in [0.5, 0.6) is 0 Å². The molecule has 0 N–H and O–H groups in total. The first-order valence-electron chi connectivity index (χ1n) is 8.17. The quantitative estimate of drug-likeness (QED) is 0.737. The van der Waals surface area contributed by atoms with Crippen molar-refractivity contribution in [1.82, 2.24) is 9.78 Å². The van der Waals surface area contributed by atoms with Crippen LogP contribution in [0.2, 0.25) is 0 Å². The molecule has 4 nitrogen and oxygen atoms in total. The Hall–Kier alpha value is -3.19. The van der Waals surface area contributed by atoms with Crippen LogP contribution in [0.3, 0.4) is 0 Å². The Balaban J connectivity index is 1.84. The molecule has 124 valence electrons. The highest BCUT2D eigenvalue weighted by Gasteiger charge is 2.05. The van der Waals surface area contributed by atoms with Crippen LogP contribution in [0, 0.1) is 25.2 Å². The van der Waals surface area contributed by atoms with Gasteiger partial charge in [-0.25, -0.2) is 4.68 Å². The largest absolute Gasteiger partial charge is 0.268 e. The van der Waals surface area contributed by atoms with Crippen molar-refractivity contribution < 1.29 is 0 Å². The van der Waals surface area contributed by atoms with Gasteiger partial charge in [-0.15, -0.1) is 0 Å². The first-order chi connectivity index (χ1) is 12.0. The van der Waals surface area contributed by atoms with Gasteiger partial charge >= 0.3 is 0 Å². The van der Waals surface area contributed by atoms with Gasteiger partial charge in [0, 0.05) is 12.5 Å². The SMILES string of the molecule is Cc1cc(C)cc(Cc2ccc(=O)n(Cc3ccc(C#N)cc3)n2)c1. The number of rotatable bonds is 4. The van der Waals surface area contributed by atoms with Gasteiger partial charge in [-0.3, -0.25) is 4.79 Å². The second-order valence-electron chi connectivity index (χ2n) is 6.30. The second-order valence-corrected chi connectivity index (χ2v) is 6.30. The molecule has 0 bridgehead atoms. The molecule has 0 aliphatic heterocycles. The van der Waals surface area contributed by atoms with E-state index in [1.54, 1.807) is 24.3 Å². The summed E-state index contributed by atoms with van der Waals surface area (Å²) in [6, 6.07) is 19.1. The van der Waals surface area contributed by atoms with E-state index in [-0.39, 0.29) is 5.56 Å². The van der Waals surface area contributed by atoms with Gasteiger partial charge in [0.25, 0.3) is 5.56 Å². The van der Waals surface area contributed by atoms with Gasteiger partial charge in [0.2, 0.25) is 0 Å². The van der Waals surface area contributed by atoms with Gasteiger partial charge in [-0.2, -0.15) is 10.4 Å². The molecule has 0 unspecified atom stereocenters. The standard InChI is InChI=1S/C21H19N3O/c1-15-9-16(2)11-19(10-15)12-20-7-8-21(25)24(23-20)14-18-5-3-17(13-22)4-6-18/h3-11H,12,14H2,1-2H3. The maximum atomic E-state index is 12.1. The molecule has 0 saturated carbocycles. The van der Waals surface area contributed by atoms with Crippen molar-refractivity contribution >= 4 is 0 Å². The van der Waals surface area contributed by atoms with Crippen LogP contribution in [0.15, 0.2) is 59.4 Å². The summed E-state index contributed by atoms with van der Waals surface area (Å²) >= 11 is 0. The zero-order valence-corrected chi connectivity index (χ0v) is 14.4. The lowest BCUT2D eigenvalue weighted by atomic mass is 10.0. The fourth-order valence-corrected chi connectivity index (χ4v) is 2.94. The van der Waals surface area contributed by atoms with E-state index in [4.69, 9.17) is 5.26 Å². The zero-order chi connectivity index (χ0) is 17.8. The van der Waals surface area contributed by atoms with Gasteiger partial charge in [-0.05, 0) is 43.2 Å². The van der Waals surface area contributed by atoms with Gasteiger partial charge < -0.3 is 0 Å². The summed E-state index contributed by atoms with van der Waals surface area (Å²) in [5, 5.41) is 13.4. The maximum Gasteiger partial charge on any atom is 0.267 e. The van der Waals surface area contributed by atoms with Crippen molar-refractivity contribution in [1.29, 1.82) is 5.26 Å². The van der Waals surface area contributed by atoms with Crippen LogP contribution in [-0.4, -0.2) is 9.78 Å². The number of aromatic nitrogens is 2. The Morgan fingerprint density at radius 3 is 2.28 bits per heavy atom. The summed E-state index contributed by atoms with van der Waals surface area (Å²) in [4.78, 5) is 12.1. The molecule has 3 aromatic rings. The van der Waals surface area contributed by atoms with Gasteiger partial charge in [-0.1, -0.05) is 41.5 Å². The molecule has 2 aromatic carbocycles. The van der Waals surface area contributed by atoms with E-state index in [2.05, 4.69) is 43.2 Å². The van der Waals surface area contributed by atoms with E-state index >= 15 is 0 Å². The molecule has 0 aliphatic carbocycles. The monoisotopic (exact) mass is 329 g/mol. The number of hydrogen-bond donors (Lipinski definition) is 0. The van der Waals surface area contributed by atoms with Crippen molar-refractivity contribution in [2.45, 2.75) is 26.8 Å². The average molecular weight is 329 g/mol. The third-order valence-electron chi connectivity index (χ3n) is 4.00. The summed E-state index contributed by atoms with van der Waals surface area (Å²) < 4.78 is 1.47.